The summed E-state index contributed by atoms with van der Waals surface area (Å²) in [6.45, 7) is 5.72. The first kappa shape index (κ1) is 24.7. The molecular formula is C25H34N6O4. The molecule has 0 amide bonds. The van der Waals surface area contributed by atoms with Gasteiger partial charge in [-0.2, -0.15) is 9.97 Å². The number of unbranched alkanes of at least 4 members (excludes halogenated alkanes) is 1. The van der Waals surface area contributed by atoms with Crippen LogP contribution in [0.2, 0.25) is 0 Å². The summed E-state index contributed by atoms with van der Waals surface area (Å²) in [5.74, 6) is 0.135. The quantitative estimate of drug-likeness (QED) is 0.333. The highest BCUT2D eigenvalue weighted by molar-refractivity contribution is 5.82. The lowest BCUT2D eigenvalue weighted by atomic mass is 9.96. The van der Waals surface area contributed by atoms with Crippen LogP contribution in [0.1, 0.15) is 43.7 Å². The van der Waals surface area contributed by atoms with E-state index in [-0.39, 0.29) is 29.4 Å². The first-order chi connectivity index (χ1) is 17.0. The van der Waals surface area contributed by atoms with E-state index in [1.54, 1.807) is 4.57 Å². The topological polar surface area (TPSA) is 128 Å². The third-order valence-electron chi connectivity index (χ3n) is 6.56. The molecule has 1 fully saturated rings. The Kier molecular flexibility index (Phi) is 8.02. The van der Waals surface area contributed by atoms with Crippen molar-refractivity contribution in [2.75, 3.05) is 39.1 Å². The maximum atomic E-state index is 12.6. The number of hydrogen-bond donors (Lipinski definition) is 2. The lowest BCUT2D eigenvalue weighted by molar-refractivity contribution is -0.147. The molecule has 0 spiro atoms. The monoisotopic (exact) mass is 482 g/mol. The fourth-order valence-electron chi connectivity index (χ4n) is 4.39. The highest BCUT2D eigenvalue weighted by Gasteiger charge is 2.25. The Morgan fingerprint density at radius 1 is 1.17 bits per heavy atom. The Labute approximate surface area is 204 Å². The molecule has 3 N–H and O–H groups in total. The van der Waals surface area contributed by atoms with E-state index < -0.39 is 0 Å². The van der Waals surface area contributed by atoms with Gasteiger partial charge in [-0.1, -0.05) is 37.6 Å². The summed E-state index contributed by atoms with van der Waals surface area (Å²) >= 11 is 0. The maximum absolute atomic E-state index is 12.6. The fourth-order valence-corrected chi connectivity index (χ4v) is 4.39. The molecule has 1 aromatic carbocycles. The van der Waals surface area contributed by atoms with Crippen LogP contribution in [0.4, 0.5) is 5.82 Å². The molecule has 0 aliphatic carbocycles. The van der Waals surface area contributed by atoms with E-state index in [0.29, 0.717) is 24.3 Å². The van der Waals surface area contributed by atoms with Crippen LogP contribution >= 0.6 is 0 Å². The van der Waals surface area contributed by atoms with E-state index in [0.717, 1.165) is 57.3 Å². The van der Waals surface area contributed by atoms with Crippen molar-refractivity contribution in [3.8, 4) is 6.01 Å². The summed E-state index contributed by atoms with van der Waals surface area (Å²) < 4.78 is 12.0. The van der Waals surface area contributed by atoms with Gasteiger partial charge in [0, 0.05) is 6.54 Å². The predicted molar refractivity (Wildman–Crippen MR) is 133 cm³/mol. The van der Waals surface area contributed by atoms with Crippen molar-refractivity contribution in [3.05, 3.63) is 45.9 Å². The molecule has 1 saturated heterocycles. The summed E-state index contributed by atoms with van der Waals surface area (Å²) in [7, 11) is 1.46. The molecule has 2 aromatic heterocycles. The minimum Gasteiger partial charge on any atom is -0.469 e. The number of nitrogens with two attached hydrogens (primary N) is 1. The first-order valence-corrected chi connectivity index (χ1v) is 12.2. The molecule has 0 atom stereocenters. The molecular weight excluding hydrogens is 448 g/mol. The van der Waals surface area contributed by atoms with Gasteiger partial charge in [-0.15, -0.1) is 0 Å². The van der Waals surface area contributed by atoms with E-state index in [9.17, 15) is 9.59 Å². The average molecular weight is 483 g/mol. The van der Waals surface area contributed by atoms with E-state index in [2.05, 4.69) is 38.9 Å². The number of carbonyl (C=O) groups is 1. The Bertz CT molecular complexity index is 1200. The number of methoxy groups -OCH3 is 1. The van der Waals surface area contributed by atoms with E-state index in [1.807, 2.05) is 12.1 Å². The Morgan fingerprint density at radius 3 is 2.57 bits per heavy atom. The number of nitrogens with one attached hydrogen (secondary N) is 1. The molecule has 0 radical (unpaired) electrons. The van der Waals surface area contributed by atoms with Crippen LogP contribution in [0.5, 0.6) is 6.01 Å². The van der Waals surface area contributed by atoms with Crippen LogP contribution < -0.4 is 16.2 Å². The molecule has 3 aromatic rings. The number of piperidine rings is 1. The minimum atomic E-state index is -0.286. The number of ether oxygens (including phenoxy) is 2. The lowest BCUT2D eigenvalue weighted by Gasteiger charge is -2.30. The lowest BCUT2D eigenvalue weighted by Crippen LogP contribution is -2.37. The molecule has 1 aliphatic heterocycles. The summed E-state index contributed by atoms with van der Waals surface area (Å²) in [5, 5.41) is 0. The molecule has 0 unspecified atom stereocenters. The van der Waals surface area contributed by atoms with Gasteiger partial charge in [-0.25, -0.2) is 4.79 Å². The van der Waals surface area contributed by atoms with Gasteiger partial charge >= 0.3 is 17.7 Å². The average Bonchev–Trinajstić information content (AvgIpc) is 3.19. The first-order valence-electron chi connectivity index (χ1n) is 12.2. The predicted octanol–water partition coefficient (Wildman–Crippen LogP) is 2.36. The normalized spacial score (nSPS) is 14.9. The van der Waals surface area contributed by atoms with Crippen molar-refractivity contribution < 1.29 is 14.3 Å². The highest BCUT2D eigenvalue weighted by atomic mass is 16.5. The molecule has 0 saturated carbocycles. The zero-order valence-electron chi connectivity index (χ0n) is 20.5. The van der Waals surface area contributed by atoms with Crippen molar-refractivity contribution in [2.24, 2.45) is 5.92 Å². The number of H-pyrrole nitrogens is 1. The van der Waals surface area contributed by atoms with Gasteiger partial charge in [0.2, 0.25) is 0 Å². The zero-order chi connectivity index (χ0) is 24.8. The molecule has 3 heterocycles. The number of hydrogen-bond acceptors (Lipinski definition) is 8. The minimum absolute atomic E-state index is 0.0306. The Morgan fingerprint density at radius 2 is 1.89 bits per heavy atom. The number of esters is 1. The number of nitrogens with zero attached hydrogens (tertiary/aromatic N) is 4. The van der Waals surface area contributed by atoms with Crippen molar-refractivity contribution in [2.45, 2.75) is 45.6 Å². The number of aromatic nitrogens is 4. The summed E-state index contributed by atoms with van der Waals surface area (Å²) in [5.41, 5.74) is 8.83. The Balaban J connectivity index is 1.38. The number of aromatic amines is 1. The van der Waals surface area contributed by atoms with Gasteiger partial charge in [-0.3, -0.25) is 9.36 Å². The van der Waals surface area contributed by atoms with Crippen LogP contribution in [0.3, 0.4) is 0 Å². The van der Waals surface area contributed by atoms with Crippen molar-refractivity contribution in [1.29, 1.82) is 0 Å². The van der Waals surface area contributed by atoms with E-state index >= 15 is 0 Å². The number of anilines is 1. The van der Waals surface area contributed by atoms with E-state index in [4.69, 9.17) is 15.2 Å². The molecule has 35 heavy (non-hydrogen) atoms. The maximum Gasteiger partial charge on any atom is 0.328 e. The number of rotatable bonds is 10. The Hall–Kier alpha value is -3.40. The van der Waals surface area contributed by atoms with Crippen LogP contribution in [-0.2, 0) is 22.5 Å². The summed E-state index contributed by atoms with van der Waals surface area (Å²) in [6, 6.07) is 8.45. The summed E-state index contributed by atoms with van der Waals surface area (Å²) in [4.78, 5) is 38.0. The molecule has 0 bridgehead atoms. The zero-order valence-corrected chi connectivity index (χ0v) is 20.5. The van der Waals surface area contributed by atoms with Crippen LogP contribution in [-0.4, -0.2) is 63.7 Å². The number of benzene rings is 1. The molecule has 1 aliphatic rings. The largest absolute Gasteiger partial charge is 0.469 e. The van der Waals surface area contributed by atoms with Crippen molar-refractivity contribution >= 4 is 23.0 Å². The van der Waals surface area contributed by atoms with Crippen LogP contribution in [0, 0.1) is 5.92 Å². The fraction of sp³-hybridized carbons (Fsp3) is 0.520. The number of nitrogen functional groups attached to an aromatic ring is 1. The van der Waals surface area contributed by atoms with E-state index in [1.165, 1.54) is 12.7 Å². The second-order valence-electron chi connectivity index (χ2n) is 9.01. The van der Waals surface area contributed by atoms with Gasteiger partial charge in [0.1, 0.15) is 5.52 Å². The SMILES string of the molecule is CCCCOc1nc(N)c2[nH]c(=O)n(Cc3ccc(CCN4CCC(C(=O)OC)CC4)cc3)c2n1. The molecule has 188 valence electrons. The van der Waals surface area contributed by atoms with Gasteiger partial charge in [0.05, 0.1) is 26.2 Å². The third kappa shape index (κ3) is 6.00. The molecule has 10 heteroatoms. The van der Waals surface area contributed by atoms with Gasteiger partial charge < -0.3 is 25.1 Å². The number of likely N-dealkylation sites (tertiary alicyclic amines) is 1. The van der Waals surface area contributed by atoms with Gasteiger partial charge in [0.25, 0.3) is 0 Å². The van der Waals surface area contributed by atoms with Crippen molar-refractivity contribution in [1.82, 2.24) is 24.4 Å². The van der Waals surface area contributed by atoms with Gasteiger partial charge in [0.15, 0.2) is 11.5 Å². The molecule has 4 rings (SSSR count). The summed E-state index contributed by atoms with van der Waals surface area (Å²) in [6.07, 6.45) is 4.52. The number of imidazole rings is 1. The highest BCUT2D eigenvalue weighted by Crippen LogP contribution is 2.20. The third-order valence-corrected chi connectivity index (χ3v) is 6.56. The number of fused-ring (bicyclic) bond motifs is 1. The number of carbonyl (C=O) groups excluding carboxylic acids is 1. The standard InChI is InChI=1S/C25H34N6O4/c1-3-4-15-35-24-28-21(26)20-22(29-24)31(25(33)27-20)16-18-7-5-17(6-8-18)9-12-30-13-10-19(11-14-30)23(32)34-2/h5-8,19H,3-4,9-16H2,1-2H3,(H,27,33)(H2,26,28,29). The van der Waals surface area contributed by atoms with Gasteiger partial charge in [-0.05, 0) is 49.9 Å². The second kappa shape index (κ2) is 11.4. The van der Waals surface area contributed by atoms with Crippen molar-refractivity contribution in [3.63, 3.8) is 0 Å². The van der Waals surface area contributed by atoms with Crippen LogP contribution in [0.15, 0.2) is 29.1 Å². The second-order valence-corrected chi connectivity index (χ2v) is 9.01. The van der Waals surface area contributed by atoms with Crippen LogP contribution in [0.25, 0.3) is 11.2 Å². The smallest absolute Gasteiger partial charge is 0.328 e. The molecule has 10 nitrogen and oxygen atoms in total.